The van der Waals surface area contributed by atoms with Crippen molar-refractivity contribution in [2.45, 2.75) is 90.4 Å². The number of hydrogen-bond acceptors (Lipinski definition) is 2. The van der Waals surface area contributed by atoms with Crippen molar-refractivity contribution in [3.63, 3.8) is 0 Å². The molecule has 1 saturated heterocycles. The molecule has 0 amide bonds. The lowest BCUT2D eigenvalue weighted by Crippen LogP contribution is -2.12. The van der Waals surface area contributed by atoms with E-state index in [4.69, 9.17) is 0 Å². The fraction of sp³-hybridized carbons (Fsp3) is 0.944. The third-order valence-electron chi connectivity index (χ3n) is 4.49. The largest absolute Gasteiger partial charge is 0.316 e. The van der Waals surface area contributed by atoms with Crippen LogP contribution in [0.3, 0.4) is 0 Å². The second-order valence-corrected chi connectivity index (χ2v) is 6.53. The van der Waals surface area contributed by atoms with E-state index in [1.807, 2.05) is 0 Å². The van der Waals surface area contributed by atoms with Gasteiger partial charge in [0.15, 0.2) is 0 Å². The minimum absolute atomic E-state index is 0.498. The molecule has 1 heterocycles. The van der Waals surface area contributed by atoms with Crippen molar-refractivity contribution in [1.29, 1.82) is 0 Å². The quantitative estimate of drug-likeness (QED) is 0.488. The van der Waals surface area contributed by atoms with Gasteiger partial charge in [0.1, 0.15) is 5.78 Å². The second-order valence-electron chi connectivity index (χ2n) is 6.53. The molecule has 1 aliphatic rings. The predicted octanol–water partition coefficient (Wildman–Crippen LogP) is 4.87. The molecule has 1 unspecified atom stereocenters. The van der Waals surface area contributed by atoms with Gasteiger partial charge in [0.2, 0.25) is 0 Å². The standard InChI is InChI=1S/C18H35NO/c1-2-3-4-5-6-7-8-9-10-11-12-18(20)15-17-13-14-19-16-17/h17,19H,2-16H2,1H3. The molecule has 0 spiro atoms. The average molecular weight is 281 g/mol. The maximum atomic E-state index is 11.8. The first kappa shape index (κ1) is 17.7. The zero-order valence-corrected chi connectivity index (χ0v) is 13.6. The number of ketones is 1. The summed E-state index contributed by atoms with van der Waals surface area (Å²) < 4.78 is 0. The van der Waals surface area contributed by atoms with Crippen LogP contribution in [0.15, 0.2) is 0 Å². The SMILES string of the molecule is CCCCCCCCCCCCC(=O)CC1CCNC1. The molecule has 1 N–H and O–H groups in total. The van der Waals surface area contributed by atoms with E-state index in [-0.39, 0.29) is 0 Å². The molecule has 0 aliphatic carbocycles. The van der Waals surface area contributed by atoms with E-state index in [2.05, 4.69) is 12.2 Å². The van der Waals surface area contributed by atoms with E-state index in [1.54, 1.807) is 0 Å². The molecular formula is C18H35NO. The molecule has 1 aliphatic heterocycles. The van der Waals surface area contributed by atoms with Crippen molar-refractivity contribution in [2.24, 2.45) is 5.92 Å². The lowest BCUT2D eigenvalue weighted by Gasteiger charge is -2.06. The minimum Gasteiger partial charge on any atom is -0.316 e. The van der Waals surface area contributed by atoms with Crippen LogP contribution in [0.4, 0.5) is 0 Å². The van der Waals surface area contributed by atoms with E-state index < -0.39 is 0 Å². The number of rotatable bonds is 13. The van der Waals surface area contributed by atoms with Gasteiger partial charge in [0, 0.05) is 12.8 Å². The van der Waals surface area contributed by atoms with Crippen LogP contribution < -0.4 is 5.32 Å². The van der Waals surface area contributed by atoms with Crippen molar-refractivity contribution in [3.05, 3.63) is 0 Å². The molecule has 1 rings (SSSR count). The van der Waals surface area contributed by atoms with Crippen LogP contribution in [0.5, 0.6) is 0 Å². The average Bonchev–Trinajstić information content (AvgIpc) is 2.93. The van der Waals surface area contributed by atoms with Crippen LogP contribution in [-0.2, 0) is 4.79 Å². The van der Waals surface area contributed by atoms with Crippen LogP contribution in [0, 0.1) is 5.92 Å². The number of carbonyl (C=O) groups is 1. The van der Waals surface area contributed by atoms with Gasteiger partial charge in [-0.25, -0.2) is 0 Å². The maximum absolute atomic E-state index is 11.8. The topological polar surface area (TPSA) is 29.1 Å². The third kappa shape index (κ3) is 9.52. The first-order chi connectivity index (χ1) is 9.83. The minimum atomic E-state index is 0.498. The molecule has 1 atom stereocenters. The van der Waals surface area contributed by atoms with Crippen molar-refractivity contribution >= 4 is 5.78 Å². The van der Waals surface area contributed by atoms with Crippen LogP contribution in [0.1, 0.15) is 90.4 Å². The Labute approximate surface area is 126 Å². The highest BCUT2D eigenvalue weighted by Gasteiger charge is 2.17. The molecule has 0 radical (unpaired) electrons. The molecular weight excluding hydrogens is 246 g/mol. The molecule has 0 bridgehead atoms. The Bertz CT molecular complexity index is 234. The van der Waals surface area contributed by atoms with Gasteiger partial charge < -0.3 is 5.32 Å². The van der Waals surface area contributed by atoms with Crippen LogP contribution in [0.2, 0.25) is 0 Å². The number of nitrogens with one attached hydrogen (secondary N) is 1. The van der Waals surface area contributed by atoms with Crippen molar-refractivity contribution < 1.29 is 4.79 Å². The summed E-state index contributed by atoms with van der Waals surface area (Å²) in [4.78, 5) is 11.8. The van der Waals surface area contributed by atoms with Crippen molar-refractivity contribution in [1.82, 2.24) is 5.32 Å². The zero-order chi connectivity index (χ0) is 14.5. The van der Waals surface area contributed by atoms with Gasteiger partial charge in [0.05, 0.1) is 0 Å². The number of hydrogen-bond donors (Lipinski definition) is 1. The number of Topliss-reactive ketones (excluding diaryl/α,β-unsaturated/α-hetero) is 1. The predicted molar refractivity (Wildman–Crippen MR) is 87.1 cm³/mol. The van der Waals surface area contributed by atoms with Crippen molar-refractivity contribution in [2.75, 3.05) is 13.1 Å². The molecule has 0 aromatic heterocycles. The van der Waals surface area contributed by atoms with Gasteiger partial charge in [-0.15, -0.1) is 0 Å². The highest BCUT2D eigenvalue weighted by molar-refractivity contribution is 5.78. The Kier molecular flexibility index (Phi) is 10.9. The van der Waals surface area contributed by atoms with Gasteiger partial charge in [-0.05, 0) is 31.8 Å². The maximum Gasteiger partial charge on any atom is 0.133 e. The second kappa shape index (κ2) is 12.4. The Morgan fingerprint density at radius 3 is 2.10 bits per heavy atom. The summed E-state index contributed by atoms with van der Waals surface area (Å²) in [6.07, 6.45) is 16.3. The summed E-state index contributed by atoms with van der Waals surface area (Å²) in [6.45, 7) is 4.44. The lowest BCUT2D eigenvalue weighted by atomic mass is 9.98. The zero-order valence-electron chi connectivity index (χ0n) is 13.6. The number of carbonyl (C=O) groups excluding carboxylic acids is 1. The fourth-order valence-electron chi connectivity index (χ4n) is 3.12. The Hall–Kier alpha value is -0.370. The van der Waals surface area contributed by atoms with E-state index in [9.17, 15) is 4.79 Å². The normalized spacial score (nSPS) is 18.6. The number of unbranched alkanes of at least 4 members (excludes halogenated alkanes) is 9. The highest BCUT2D eigenvalue weighted by Crippen LogP contribution is 2.16. The first-order valence-corrected chi connectivity index (χ1v) is 9.05. The molecule has 0 saturated carbocycles. The first-order valence-electron chi connectivity index (χ1n) is 9.05. The van der Waals surface area contributed by atoms with Gasteiger partial charge in [-0.3, -0.25) is 4.79 Å². The lowest BCUT2D eigenvalue weighted by molar-refractivity contribution is -0.119. The molecule has 0 aromatic carbocycles. The smallest absolute Gasteiger partial charge is 0.133 e. The molecule has 20 heavy (non-hydrogen) atoms. The van der Waals surface area contributed by atoms with E-state index in [0.29, 0.717) is 11.7 Å². The Morgan fingerprint density at radius 1 is 0.950 bits per heavy atom. The van der Waals surface area contributed by atoms with E-state index in [1.165, 1.54) is 64.2 Å². The van der Waals surface area contributed by atoms with Crippen LogP contribution in [-0.4, -0.2) is 18.9 Å². The van der Waals surface area contributed by atoms with E-state index in [0.717, 1.165) is 32.4 Å². The van der Waals surface area contributed by atoms with Crippen LogP contribution >= 0.6 is 0 Å². The molecule has 2 nitrogen and oxygen atoms in total. The van der Waals surface area contributed by atoms with Crippen LogP contribution in [0.25, 0.3) is 0 Å². The summed E-state index contributed by atoms with van der Waals surface area (Å²) >= 11 is 0. The van der Waals surface area contributed by atoms with Gasteiger partial charge >= 0.3 is 0 Å². The highest BCUT2D eigenvalue weighted by atomic mass is 16.1. The fourth-order valence-corrected chi connectivity index (χ4v) is 3.12. The van der Waals surface area contributed by atoms with Crippen molar-refractivity contribution in [3.8, 4) is 0 Å². The van der Waals surface area contributed by atoms with Gasteiger partial charge in [-0.1, -0.05) is 64.7 Å². The summed E-state index contributed by atoms with van der Waals surface area (Å²) in [5, 5.41) is 3.33. The molecule has 2 heteroatoms. The summed E-state index contributed by atoms with van der Waals surface area (Å²) in [5.74, 6) is 1.13. The Balaban J connectivity index is 1.78. The molecule has 118 valence electrons. The van der Waals surface area contributed by atoms with E-state index >= 15 is 0 Å². The summed E-state index contributed by atoms with van der Waals surface area (Å²) in [7, 11) is 0. The molecule has 0 aromatic rings. The summed E-state index contributed by atoms with van der Waals surface area (Å²) in [6, 6.07) is 0. The molecule has 1 fully saturated rings. The monoisotopic (exact) mass is 281 g/mol. The van der Waals surface area contributed by atoms with Gasteiger partial charge in [-0.2, -0.15) is 0 Å². The summed E-state index contributed by atoms with van der Waals surface area (Å²) in [5.41, 5.74) is 0. The Morgan fingerprint density at radius 2 is 1.55 bits per heavy atom. The van der Waals surface area contributed by atoms with Gasteiger partial charge in [0.25, 0.3) is 0 Å². The third-order valence-corrected chi connectivity index (χ3v) is 4.49.